The van der Waals surface area contributed by atoms with Gasteiger partial charge in [0.15, 0.2) is 23.0 Å². The van der Waals surface area contributed by atoms with Gasteiger partial charge in [0.05, 0.1) is 12.8 Å². The lowest BCUT2D eigenvalue weighted by molar-refractivity contribution is -0.116. The fraction of sp³-hybridized carbons (Fsp3) is 0.125. The second-order valence-electron chi connectivity index (χ2n) is 5.03. The van der Waals surface area contributed by atoms with Crippen LogP contribution in [0.3, 0.4) is 0 Å². The van der Waals surface area contributed by atoms with Crippen LogP contribution >= 0.6 is 11.6 Å². The molecule has 0 atom stereocenters. The number of rotatable bonds is 4. The number of nitrogens with zero attached hydrogens (tertiary/aromatic N) is 2. The van der Waals surface area contributed by atoms with Gasteiger partial charge < -0.3 is 4.42 Å². The average molecular weight is 373 g/mol. The maximum atomic E-state index is 13.9. The molecule has 0 radical (unpaired) electrons. The van der Waals surface area contributed by atoms with Gasteiger partial charge in [-0.3, -0.25) is 9.69 Å². The van der Waals surface area contributed by atoms with Gasteiger partial charge in [0, 0.05) is 17.7 Å². The Balaban J connectivity index is 2.06. The van der Waals surface area contributed by atoms with Crippen molar-refractivity contribution in [1.29, 1.82) is 0 Å². The van der Waals surface area contributed by atoms with Crippen molar-refractivity contribution in [1.82, 2.24) is 4.98 Å². The molecule has 0 aliphatic heterocycles. The smallest absolute Gasteiger partial charge is 0.243 e. The first-order chi connectivity index (χ1) is 11.9. The molecule has 3 aromatic rings. The highest BCUT2D eigenvalue weighted by molar-refractivity contribution is 6.29. The zero-order valence-corrected chi connectivity index (χ0v) is 13.2. The summed E-state index contributed by atoms with van der Waals surface area (Å²) in [5.41, 5.74) is 0.0229. The van der Waals surface area contributed by atoms with Crippen LogP contribution in [0.1, 0.15) is 5.56 Å². The highest BCUT2D eigenvalue weighted by atomic mass is 35.5. The molecule has 0 spiro atoms. The van der Waals surface area contributed by atoms with Crippen molar-refractivity contribution in [2.24, 2.45) is 0 Å². The van der Waals surface area contributed by atoms with Crippen LogP contribution in [-0.2, 0) is 11.3 Å². The van der Waals surface area contributed by atoms with Gasteiger partial charge in [-0.25, -0.2) is 22.5 Å². The van der Waals surface area contributed by atoms with E-state index in [-0.39, 0.29) is 11.9 Å². The fourth-order valence-electron chi connectivity index (χ4n) is 2.27. The molecule has 0 unspecified atom stereocenters. The third kappa shape index (κ3) is 3.17. The molecule has 0 N–H and O–H groups in total. The molecule has 4 nitrogen and oxygen atoms in total. The second kappa shape index (κ2) is 6.72. The van der Waals surface area contributed by atoms with Crippen LogP contribution < -0.4 is 4.90 Å². The number of anilines is 1. The zero-order chi connectivity index (χ0) is 18.1. The number of hydrogen-bond donors (Lipinski definition) is 0. The first-order valence-corrected chi connectivity index (χ1v) is 7.48. The second-order valence-corrected chi connectivity index (χ2v) is 5.30. The number of furan rings is 1. The minimum atomic E-state index is -1.83. The SMILES string of the molecule is O=C(CCl)N(Cc1c(F)cc(F)c(F)c1F)c1ccc2occc2n1. The molecule has 2 heterocycles. The third-order valence-corrected chi connectivity index (χ3v) is 3.74. The number of benzene rings is 1. The van der Waals surface area contributed by atoms with E-state index < -0.39 is 47.2 Å². The molecule has 0 fully saturated rings. The van der Waals surface area contributed by atoms with Crippen molar-refractivity contribution in [3.05, 3.63) is 59.4 Å². The van der Waals surface area contributed by atoms with Crippen molar-refractivity contribution in [2.75, 3.05) is 10.8 Å². The topological polar surface area (TPSA) is 46.3 Å². The lowest BCUT2D eigenvalue weighted by Crippen LogP contribution is -2.33. The predicted octanol–water partition coefficient (Wildman–Crippen LogP) is 4.16. The summed E-state index contributed by atoms with van der Waals surface area (Å²) in [6.07, 6.45) is 1.38. The average Bonchev–Trinajstić information content (AvgIpc) is 3.07. The van der Waals surface area contributed by atoms with Gasteiger partial charge in [-0.1, -0.05) is 0 Å². The van der Waals surface area contributed by atoms with E-state index in [1.807, 2.05) is 0 Å². The summed E-state index contributed by atoms with van der Waals surface area (Å²) in [5, 5.41) is 0. The van der Waals surface area contributed by atoms with E-state index in [2.05, 4.69) is 4.98 Å². The molecule has 0 saturated carbocycles. The minimum absolute atomic E-state index is 0.0306. The molecule has 0 bridgehead atoms. The number of carbonyl (C=O) groups is 1. The largest absolute Gasteiger partial charge is 0.463 e. The van der Waals surface area contributed by atoms with Crippen LogP contribution in [0.15, 0.2) is 34.9 Å². The molecule has 1 aromatic carbocycles. The van der Waals surface area contributed by atoms with Crippen LogP contribution in [0.4, 0.5) is 23.4 Å². The van der Waals surface area contributed by atoms with Crippen molar-refractivity contribution < 1.29 is 26.8 Å². The standard InChI is InChI=1S/C16H9ClF4N2O2/c17-6-14(24)23(13-2-1-12-11(22-13)3-4-25-12)7-8-9(18)5-10(19)16(21)15(8)20/h1-5H,6-7H2. The van der Waals surface area contributed by atoms with Gasteiger partial charge in [-0.15, -0.1) is 11.6 Å². The third-order valence-electron chi connectivity index (χ3n) is 3.51. The lowest BCUT2D eigenvalue weighted by Gasteiger charge is -2.21. The summed E-state index contributed by atoms with van der Waals surface area (Å²) in [6.45, 7) is -0.712. The number of pyridine rings is 1. The van der Waals surface area contributed by atoms with Crippen LogP contribution in [0.25, 0.3) is 11.1 Å². The fourth-order valence-corrected chi connectivity index (χ4v) is 2.41. The van der Waals surface area contributed by atoms with Gasteiger partial charge in [0.1, 0.15) is 23.0 Å². The first-order valence-electron chi connectivity index (χ1n) is 6.94. The molecular weight excluding hydrogens is 364 g/mol. The Morgan fingerprint density at radius 2 is 1.88 bits per heavy atom. The summed E-state index contributed by atoms with van der Waals surface area (Å²) < 4.78 is 59.4. The zero-order valence-electron chi connectivity index (χ0n) is 12.4. The summed E-state index contributed by atoms with van der Waals surface area (Å²) in [7, 11) is 0. The van der Waals surface area contributed by atoms with Crippen molar-refractivity contribution in [3.63, 3.8) is 0 Å². The van der Waals surface area contributed by atoms with Crippen LogP contribution in [-0.4, -0.2) is 16.8 Å². The summed E-state index contributed by atoms with van der Waals surface area (Å²) in [5.74, 6) is -7.72. The van der Waals surface area contributed by atoms with Crippen molar-refractivity contribution >= 4 is 34.4 Å². The Hall–Kier alpha value is -2.61. The number of alkyl halides is 1. The van der Waals surface area contributed by atoms with Crippen LogP contribution in [0.5, 0.6) is 0 Å². The molecule has 2 aromatic heterocycles. The molecule has 25 heavy (non-hydrogen) atoms. The van der Waals surface area contributed by atoms with Crippen LogP contribution in [0, 0.1) is 23.3 Å². The van der Waals surface area contributed by atoms with E-state index in [1.54, 1.807) is 0 Å². The summed E-state index contributed by atoms with van der Waals surface area (Å²) >= 11 is 5.54. The van der Waals surface area contributed by atoms with Crippen molar-refractivity contribution in [2.45, 2.75) is 6.54 Å². The Kier molecular flexibility index (Phi) is 4.63. The number of hydrogen-bond acceptors (Lipinski definition) is 3. The molecule has 9 heteroatoms. The Morgan fingerprint density at radius 3 is 2.60 bits per heavy atom. The highest BCUT2D eigenvalue weighted by Crippen LogP contribution is 2.25. The molecular formula is C16H9ClF4N2O2. The molecule has 130 valence electrons. The van der Waals surface area contributed by atoms with Gasteiger partial charge in [-0.05, 0) is 12.1 Å². The summed E-state index contributed by atoms with van der Waals surface area (Å²) in [6, 6.07) is 4.63. The van der Waals surface area contributed by atoms with Crippen LogP contribution in [0.2, 0.25) is 0 Å². The van der Waals surface area contributed by atoms with Gasteiger partial charge in [-0.2, -0.15) is 0 Å². The van der Waals surface area contributed by atoms with E-state index in [1.165, 1.54) is 24.5 Å². The maximum absolute atomic E-state index is 13.9. The van der Waals surface area contributed by atoms with Gasteiger partial charge in [0.25, 0.3) is 0 Å². The Labute approximate surface area is 143 Å². The normalized spacial score (nSPS) is 11.1. The number of carbonyl (C=O) groups excluding carboxylic acids is 1. The van der Waals surface area contributed by atoms with E-state index in [4.69, 9.17) is 16.0 Å². The Bertz CT molecular complexity index is 961. The Morgan fingerprint density at radius 1 is 1.12 bits per heavy atom. The van der Waals surface area contributed by atoms with Crippen molar-refractivity contribution in [3.8, 4) is 0 Å². The monoisotopic (exact) mass is 372 g/mol. The molecule has 1 amide bonds. The molecule has 0 saturated heterocycles. The van der Waals surface area contributed by atoms with E-state index in [9.17, 15) is 22.4 Å². The van der Waals surface area contributed by atoms with E-state index in [0.29, 0.717) is 11.1 Å². The predicted molar refractivity (Wildman–Crippen MR) is 82.2 cm³/mol. The quantitative estimate of drug-likeness (QED) is 0.299. The summed E-state index contributed by atoms with van der Waals surface area (Å²) in [4.78, 5) is 17.1. The van der Waals surface area contributed by atoms with E-state index >= 15 is 0 Å². The number of aromatic nitrogens is 1. The minimum Gasteiger partial charge on any atom is -0.463 e. The molecule has 3 rings (SSSR count). The molecule has 0 aliphatic rings. The van der Waals surface area contributed by atoms with E-state index in [0.717, 1.165) is 4.90 Å². The molecule has 0 aliphatic carbocycles. The first kappa shape index (κ1) is 17.2. The number of fused-ring (bicyclic) bond motifs is 1. The highest BCUT2D eigenvalue weighted by Gasteiger charge is 2.25. The lowest BCUT2D eigenvalue weighted by atomic mass is 10.1. The van der Waals surface area contributed by atoms with Gasteiger partial charge in [0.2, 0.25) is 5.91 Å². The number of halogens is 5. The maximum Gasteiger partial charge on any atom is 0.243 e. The van der Waals surface area contributed by atoms with Gasteiger partial charge >= 0.3 is 0 Å². The number of amides is 1.